The highest BCUT2D eigenvalue weighted by Crippen LogP contribution is 2.25. The third-order valence-corrected chi connectivity index (χ3v) is 5.48. The molecule has 1 heterocycles. The molecule has 8 heteroatoms. The number of hydrogen-bond acceptors (Lipinski definition) is 3. The van der Waals surface area contributed by atoms with Gasteiger partial charge in [0.15, 0.2) is 0 Å². The maximum absolute atomic E-state index is 12.1. The van der Waals surface area contributed by atoms with Crippen molar-refractivity contribution < 1.29 is 8.42 Å². The summed E-state index contributed by atoms with van der Waals surface area (Å²) in [5, 5.41) is 3.56. The lowest BCUT2D eigenvalue weighted by Crippen LogP contribution is -2.29. The lowest BCUT2D eigenvalue weighted by atomic mass is 10.1. The van der Waals surface area contributed by atoms with Crippen LogP contribution in [0.1, 0.15) is 6.42 Å². The highest BCUT2D eigenvalue weighted by molar-refractivity contribution is 9.10. The van der Waals surface area contributed by atoms with E-state index in [1.165, 1.54) is 12.1 Å². The maximum atomic E-state index is 12.1. The molecule has 112 valence electrons. The van der Waals surface area contributed by atoms with Crippen LogP contribution in [0.15, 0.2) is 39.2 Å². The van der Waals surface area contributed by atoms with Crippen LogP contribution in [0.2, 0.25) is 5.02 Å². The lowest BCUT2D eigenvalue weighted by molar-refractivity contribution is 0.582. The van der Waals surface area contributed by atoms with E-state index in [0.717, 1.165) is 25.1 Å². The molecular weight excluding hydrogens is 387 g/mol. The van der Waals surface area contributed by atoms with Crippen LogP contribution in [0.4, 0.5) is 0 Å². The lowest BCUT2D eigenvalue weighted by Gasteiger charge is -2.15. The molecular formula is C12H15BrCl2N2O2S. The summed E-state index contributed by atoms with van der Waals surface area (Å²) in [6.07, 6.45) is 2.88. The molecule has 0 amide bonds. The predicted molar refractivity (Wildman–Crippen MR) is 87.2 cm³/mol. The molecule has 2 N–H and O–H groups in total. The standard InChI is InChI=1S/C12H14BrClN2O2S.ClH/c13-11-2-1-10(7-12(11)14)19(17,18)16-8-9-3-5-15-6-4-9;/h1-3,7,15-16H,4-6,8H2;1H. The Bertz CT molecular complexity index is 605. The van der Waals surface area contributed by atoms with E-state index in [4.69, 9.17) is 11.6 Å². The molecule has 0 radical (unpaired) electrons. The van der Waals surface area contributed by atoms with E-state index < -0.39 is 10.0 Å². The number of hydrogen-bond donors (Lipinski definition) is 2. The smallest absolute Gasteiger partial charge is 0.240 e. The molecule has 1 aliphatic rings. The molecule has 0 saturated heterocycles. The fourth-order valence-corrected chi connectivity index (χ4v) is 3.30. The molecule has 0 bridgehead atoms. The van der Waals surface area contributed by atoms with Gasteiger partial charge >= 0.3 is 0 Å². The Morgan fingerprint density at radius 3 is 2.75 bits per heavy atom. The zero-order valence-electron chi connectivity index (χ0n) is 10.5. The van der Waals surface area contributed by atoms with Crippen LogP contribution in [0.5, 0.6) is 0 Å². The van der Waals surface area contributed by atoms with E-state index in [2.05, 4.69) is 26.0 Å². The Kier molecular flexibility index (Phi) is 6.97. The van der Waals surface area contributed by atoms with Crippen LogP contribution in [-0.4, -0.2) is 28.1 Å². The second kappa shape index (κ2) is 7.77. The maximum Gasteiger partial charge on any atom is 0.240 e. The molecule has 1 aromatic carbocycles. The van der Waals surface area contributed by atoms with Crippen molar-refractivity contribution in [3.05, 3.63) is 39.3 Å². The van der Waals surface area contributed by atoms with Crippen LogP contribution in [0.3, 0.4) is 0 Å². The van der Waals surface area contributed by atoms with Crippen molar-refractivity contribution in [1.82, 2.24) is 10.0 Å². The largest absolute Gasteiger partial charge is 0.313 e. The molecule has 0 aliphatic carbocycles. The summed E-state index contributed by atoms with van der Waals surface area (Å²) in [6.45, 7) is 2.02. The highest BCUT2D eigenvalue weighted by atomic mass is 79.9. The van der Waals surface area contributed by atoms with Gasteiger partial charge in [0.1, 0.15) is 0 Å². The first kappa shape index (κ1) is 17.9. The van der Waals surface area contributed by atoms with E-state index in [0.29, 0.717) is 16.0 Å². The number of benzene rings is 1. The number of halogens is 3. The first-order valence-corrected chi connectivity index (χ1v) is 8.48. The van der Waals surface area contributed by atoms with Crippen molar-refractivity contribution in [3.63, 3.8) is 0 Å². The number of rotatable bonds is 4. The topological polar surface area (TPSA) is 58.2 Å². The van der Waals surface area contributed by atoms with Gasteiger partial charge in [-0.2, -0.15) is 0 Å². The van der Waals surface area contributed by atoms with Gasteiger partial charge in [0.05, 0.1) is 9.92 Å². The van der Waals surface area contributed by atoms with Gasteiger partial charge in [-0.25, -0.2) is 13.1 Å². The minimum atomic E-state index is -3.52. The molecule has 0 spiro atoms. The van der Waals surface area contributed by atoms with E-state index in [-0.39, 0.29) is 17.3 Å². The minimum Gasteiger partial charge on any atom is -0.313 e. The highest BCUT2D eigenvalue weighted by Gasteiger charge is 2.16. The molecule has 1 aliphatic heterocycles. The van der Waals surface area contributed by atoms with E-state index >= 15 is 0 Å². The molecule has 4 nitrogen and oxygen atoms in total. The summed E-state index contributed by atoms with van der Waals surface area (Å²) in [5.41, 5.74) is 1.10. The second-order valence-corrected chi connectivity index (χ2v) is 7.25. The van der Waals surface area contributed by atoms with Crippen molar-refractivity contribution in [2.45, 2.75) is 11.3 Å². The summed E-state index contributed by atoms with van der Waals surface area (Å²) in [6, 6.07) is 4.58. The fraction of sp³-hybridized carbons (Fsp3) is 0.333. The Hall–Kier alpha value is -0.110. The molecule has 0 fully saturated rings. The first-order valence-electron chi connectivity index (χ1n) is 5.82. The van der Waals surface area contributed by atoms with E-state index in [1.54, 1.807) is 6.07 Å². The summed E-state index contributed by atoms with van der Waals surface area (Å²) in [4.78, 5) is 0.176. The zero-order valence-corrected chi connectivity index (χ0v) is 14.5. The molecule has 1 aromatic rings. The van der Waals surface area contributed by atoms with Gasteiger partial charge in [0, 0.05) is 17.6 Å². The van der Waals surface area contributed by atoms with Crippen LogP contribution >= 0.6 is 39.9 Å². The van der Waals surface area contributed by atoms with Gasteiger partial charge in [-0.1, -0.05) is 23.3 Å². The summed E-state index contributed by atoms with van der Waals surface area (Å²) < 4.78 is 27.5. The van der Waals surface area contributed by atoms with Crippen LogP contribution in [-0.2, 0) is 10.0 Å². The molecule has 0 aromatic heterocycles. The zero-order chi connectivity index (χ0) is 13.9. The van der Waals surface area contributed by atoms with Crippen molar-refractivity contribution in [2.75, 3.05) is 19.6 Å². The Balaban J connectivity index is 0.00000200. The quantitative estimate of drug-likeness (QED) is 0.762. The first-order chi connectivity index (χ1) is 8.99. The molecule has 2 rings (SSSR count). The van der Waals surface area contributed by atoms with Crippen molar-refractivity contribution in [3.8, 4) is 0 Å². The third-order valence-electron chi connectivity index (χ3n) is 2.85. The SMILES string of the molecule is Cl.O=S(=O)(NCC1=CCNCC1)c1ccc(Br)c(Cl)c1. The van der Waals surface area contributed by atoms with Crippen LogP contribution in [0, 0.1) is 0 Å². The van der Waals surface area contributed by atoms with Gasteiger partial charge in [-0.15, -0.1) is 12.4 Å². The van der Waals surface area contributed by atoms with E-state index in [9.17, 15) is 8.42 Å². The van der Waals surface area contributed by atoms with E-state index in [1.807, 2.05) is 6.08 Å². The Morgan fingerprint density at radius 2 is 2.15 bits per heavy atom. The fourth-order valence-electron chi connectivity index (χ4n) is 1.75. The molecule has 0 saturated carbocycles. The van der Waals surface area contributed by atoms with Crippen LogP contribution in [0.25, 0.3) is 0 Å². The predicted octanol–water partition coefficient (Wildman–Crippen LogP) is 2.72. The van der Waals surface area contributed by atoms with Gasteiger partial charge in [0.2, 0.25) is 10.0 Å². The summed E-state index contributed by atoms with van der Waals surface area (Å²) in [5.74, 6) is 0. The molecule has 20 heavy (non-hydrogen) atoms. The Labute approximate surface area is 138 Å². The molecule has 0 unspecified atom stereocenters. The average molecular weight is 402 g/mol. The van der Waals surface area contributed by atoms with Gasteiger partial charge < -0.3 is 5.32 Å². The summed E-state index contributed by atoms with van der Waals surface area (Å²) >= 11 is 9.14. The van der Waals surface area contributed by atoms with Crippen molar-refractivity contribution in [1.29, 1.82) is 0 Å². The average Bonchev–Trinajstić information content (AvgIpc) is 2.41. The molecule has 0 atom stereocenters. The third kappa shape index (κ3) is 4.72. The van der Waals surface area contributed by atoms with Crippen molar-refractivity contribution in [2.24, 2.45) is 0 Å². The van der Waals surface area contributed by atoms with Crippen molar-refractivity contribution >= 4 is 50.0 Å². The minimum absolute atomic E-state index is 0. The Morgan fingerprint density at radius 1 is 1.40 bits per heavy atom. The summed E-state index contributed by atoms with van der Waals surface area (Å²) in [7, 11) is -3.52. The van der Waals surface area contributed by atoms with Gasteiger partial charge in [-0.3, -0.25) is 0 Å². The van der Waals surface area contributed by atoms with Crippen LogP contribution < -0.4 is 10.0 Å². The van der Waals surface area contributed by atoms with Gasteiger partial charge in [-0.05, 0) is 47.1 Å². The number of sulfonamides is 1. The second-order valence-electron chi connectivity index (χ2n) is 4.22. The van der Waals surface area contributed by atoms with Gasteiger partial charge in [0.25, 0.3) is 0 Å². The number of nitrogens with one attached hydrogen (secondary N) is 2. The normalized spacial score (nSPS) is 15.4. The monoisotopic (exact) mass is 400 g/mol.